The van der Waals surface area contributed by atoms with Crippen LogP contribution in [-0.4, -0.2) is 95.6 Å². The molecule has 2 aliphatic rings. The number of nitrogens with one attached hydrogen (secondary N) is 1. The van der Waals surface area contributed by atoms with Crippen LogP contribution in [-0.2, 0) is 68.1 Å². The number of methoxy groups -OCH3 is 2. The fourth-order valence-electron chi connectivity index (χ4n) is 9.30. The number of nitrogen functional groups attached to an aromatic ring is 1. The number of aromatic nitrogens is 4. The van der Waals surface area contributed by atoms with E-state index in [0.717, 1.165) is 98.9 Å². The molecule has 19 heteroatoms. The zero-order valence-corrected chi connectivity index (χ0v) is 46.6. The minimum atomic E-state index is -3.86. The standard InChI is InChI=1S/C30H42N4O5S.C25H34N4O4S/c1-8-34(40(36,37)24-12-9-22(10-13-24)31-28(35)29(2,3)4)23-11-14-26-25(19-23)32-27(30(5,6)38-7)33(26)20-21-15-17-39-18-16-21;1-5-29(34(30,31)21-9-6-19(26)7-10-21)20-8-11-23-22(16-20)27-24(25(2,3)32-4)28(23)17-18-12-14-33-15-13-18/h9-14,19,21H,8,15-18,20H2,1-7H3,(H,31,35);6-11,16,18H,5,12-15,17,26H2,1-4H3. The second-order valence-electron chi connectivity index (χ2n) is 21.1. The maximum atomic E-state index is 13.7. The first-order valence-electron chi connectivity index (χ1n) is 25.5. The van der Waals surface area contributed by atoms with Gasteiger partial charge in [0.25, 0.3) is 20.0 Å². The van der Waals surface area contributed by atoms with Crippen LogP contribution in [0.25, 0.3) is 22.1 Å². The van der Waals surface area contributed by atoms with E-state index in [1.165, 1.54) is 32.9 Å². The summed E-state index contributed by atoms with van der Waals surface area (Å²) in [5.74, 6) is 2.47. The number of imidazole rings is 2. The van der Waals surface area contributed by atoms with Crippen molar-refractivity contribution in [2.45, 2.75) is 122 Å². The van der Waals surface area contributed by atoms with Gasteiger partial charge < -0.3 is 39.1 Å². The molecule has 402 valence electrons. The van der Waals surface area contributed by atoms with E-state index >= 15 is 0 Å². The van der Waals surface area contributed by atoms with E-state index in [1.54, 1.807) is 38.5 Å². The van der Waals surface area contributed by atoms with Gasteiger partial charge in [-0.1, -0.05) is 20.8 Å². The van der Waals surface area contributed by atoms with E-state index in [9.17, 15) is 21.6 Å². The Kier molecular flexibility index (Phi) is 17.2. The monoisotopic (exact) mass is 1060 g/mol. The maximum absolute atomic E-state index is 13.7. The lowest BCUT2D eigenvalue weighted by Crippen LogP contribution is -2.31. The lowest BCUT2D eigenvalue weighted by molar-refractivity contribution is -0.123. The molecule has 74 heavy (non-hydrogen) atoms. The second kappa shape index (κ2) is 22.7. The molecule has 2 fully saturated rings. The molecule has 0 aliphatic carbocycles. The van der Waals surface area contributed by atoms with Crippen LogP contribution in [0.4, 0.5) is 22.7 Å². The van der Waals surface area contributed by atoms with Crippen LogP contribution in [0.5, 0.6) is 0 Å². The number of carbonyl (C=O) groups is 1. The van der Waals surface area contributed by atoms with Gasteiger partial charge in [-0.3, -0.25) is 13.4 Å². The van der Waals surface area contributed by atoms with Gasteiger partial charge >= 0.3 is 0 Å². The molecule has 0 bridgehead atoms. The molecular weight excluding hydrogens is 981 g/mol. The first-order valence-corrected chi connectivity index (χ1v) is 28.4. The minimum Gasteiger partial charge on any atom is -0.399 e. The van der Waals surface area contributed by atoms with Crippen molar-refractivity contribution in [1.82, 2.24) is 19.1 Å². The molecule has 0 atom stereocenters. The number of sulfonamides is 2. The molecule has 0 radical (unpaired) electrons. The van der Waals surface area contributed by atoms with Crippen molar-refractivity contribution in [1.29, 1.82) is 0 Å². The number of hydrogen-bond acceptors (Lipinski definition) is 12. The molecule has 0 unspecified atom stereocenters. The molecule has 0 spiro atoms. The Morgan fingerprint density at radius 3 is 1.36 bits per heavy atom. The Labute approximate surface area is 437 Å². The van der Waals surface area contributed by atoms with Gasteiger partial charge in [0.15, 0.2) is 0 Å². The average Bonchev–Trinajstić information content (AvgIpc) is 3.93. The topological polar surface area (TPSA) is 202 Å². The van der Waals surface area contributed by atoms with Gasteiger partial charge in [0, 0.05) is 83.6 Å². The third-order valence-electron chi connectivity index (χ3n) is 14.1. The highest BCUT2D eigenvalue weighted by atomic mass is 32.2. The lowest BCUT2D eigenvalue weighted by atomic mass is 9.95. The van der Waals surface area contributed by atoms with Crippen molar-refractivity contribution < 1.29 is 40.6 Å². The van der Waals surface area contributed by atoms with Crippen molar-refractivity contribution in [3.8, 4) is 0 Å². The Balaban J connectivity index is 0.000000219. The summed E-state index contributed by atoms with van der Waals surface area (Å²) in [5.41, 5.74) is 9.54. The molecule has 4 aromatic carbocycles. The van der Waals surface area contributed by atoms with Gasteiger partial charge in [0.1, 0.15) is 22.9 Å². The van der Waals surface area contributed by atoms with Crippen LogP contribution < -0.4 is 19.7 Å². The number of hydrogen-bond donors (Lipinski definition) is 2. The predicted molar refractivity (Wildman–Crippen MR) is 292 cm³/mol. The second-order valence-corrected chi connectivity index (χ2v) is 24.8. The molecule has 2 aliphatic heterocycles. The Bertz CT molecular complexity index is 3120. The van der Waals surface area contributed by atoms with Gasteiger partial charge in [-0.15, -0.1) is 0 Å². The number of nitrogens with two attached hydrogens (primary N) is 1. The zero-order valence-electron chi connectivity index (χ0n) is 45.0. The van der Waals surface area contributed by atoms with E-state index in [2.05, 4.69) is 14.5 Å². The largest absolute Gasteiger partial charge is 0.399 e. The predicted octanol–water partition coefficient (Wildman–Crippen LogP) is 9.69. The molecule has 4 heterocycles. The van der Waals surface area contributed by atoms with Crippen LogP contribution in [0.1, 0.15) is 99.6 Å². The van der Waals surface area contributed by atoms with E-state index in [1.807, 2.05) is 98.7 Å². The Morgan fingerprint density at radius 1 is 0.635 bits per heavy atom. The fraction of sp³-hybridized carbons (Fsp3) is 0.509. The number of nitrogens with zero attached hydrogens (tertiary/aromatic N) is 6. The number of benzene rings is 4. The van der Waals surface area contributed by atoms with Crippen LogP contribution >= 0.6 is 0 Å². The molecule has 1 amide bonds. The van der Waals surface area contributed by atoms with E-state index in [-0.39, 0.29) is 28.8 Å². The van der Waals surface area contributed by atoms with Gasteiger partial charge in [-0.2, -0.15) is 0 Å². The highest BCUT2D eigenvalue weighted by Gasteiger charge is 2.33. The summed E-state index contributed by atoms with van der Waals surface area (Å²) in [6, 6.07) is 23.8. The van der Waals surface area contributed by atoms with Gasteiger partial charge in [0.05, 0.1) is 43.2 Å². The summed E-state index contributed by atoms with van der Waals surface area (Å²) in [6.45, 7) is 22.3. The van der Waals surface area contributed by atoms with E-state index in [4.69, 9.17) is 34.6 Å². The molecule has 0 saturated carbocycles. The van der Waals surface area contributed by atoms with Crippen molar-refractivity contribution in [3.05, 3.63) is 96.6 Å². The molecule has 3 N–H and O–H groups in total. The summed E-state index contributed by atoms with van der Waals surface area (Å²) in [7, 11) is -4.24. The third-order valence-corrected chi connectivity index (χ3v) is 18.0. The fourth-order valence-corrected chi connectivity index (χ4v) is 12.2. The summed E-state index contributed by atoms with van der Waals surface area (Å²) < 4.78 is 84.1. The molecular formula is C55H76N8O9S2. The molecule has 8 rings (SSSR count). The number of anilines is 4. The average molecular weight is 1060 g/mol. The highest BCUT2D eigenvalue weighted by molar-refractivity contribution is 7.93. The normalized spacial score (nSPS) is 15.5. The van der Waals surface area contributed by atoms with Crippen LogP contribution in [0.3, 0.4) is 0 Å². The van der Waals surface area contributed by atoms with Crippen molar-refractivity contribution >= 4 is 70.8 Å². The summed E-state index contributed by atoms with van der Waals surface area (Å²) in [4.78, 5) is 22.6. The number of carbonyl (C=O) groups excluding carboxylic acids is 1. The van der Waals surface area contributed by atoms with Crippen LogP contribution in [0.15, 0.2) is 94.7 Å². The summed E-state index contributed by atoms with van der Waals surface area (Å²) in [5, 5.41) is 2.83. The van der Waals surface area contributed by atoms with Gasteiger partial charge in [0.2, 0.25) is 5.91 Å². The molecule has 2 aromatic heterocycles. The van der Waals surface area contributed by atoms with Crippen molar-refractivity contribution in [3.63, 3.8) is 0 Å². The van der Waals surface area contributed by atoms with E-state index < -0.39 is 36.7 Å². The summed E-state index contributed by atoms with van der Waals surface area (Å²) in [6.07, 6.45) is 4.00. The minimum absolute atomic E-state index is 0.140. The van der Waals surface area contributed by atoms with Crippen molar-refractivity contribution in [2.75, 3.05) is 73.4 Å². The Morgan fingerprint density at radius 2 is 1.01 bits per heavy atom. The third kappa shape index (κ3) is 12.2. The number of fused-ring (bicyclic) bond motifs is 2. The first-order chi connectivity index (χ1) is 34.9. The maximum Gasteiger partial charge on any atom is 0.264 e. The zero-order chi connectivity index (χ0) is 53.8. The lowest BCUT2D eigenvalue weighted by Gasteiger charge is -2.27. The van der Waals surface area contributed by atoms with Crippen LogP contribution in [0, 0.1) is 17.3 Å². The highest BCUT2D eigenvalue weighted by Crippen LogP contribution is 2.36. The molecule has 2 saturated heterocycles. The Hall–Kier alpha value is -5.57. The van der Waals surface area contributed by atoms with Crippen LogP contribution in [0.2, 0.25) is 0 Å². The number of amides is 1. The first kappa shape index (κ1) is 56.2. The summed E-state index contributed by atoms with van der Waals surface area (Å²) >= 11 is 0. The number of rotatable bonds is 17. The van der Waals surface area contributed by atoms with E-state index in [0.29, 0.717) is 34.6 Å². The van der Waals surface area contributed by atoms with Gasteiger partial charge in [-0.25, -0.2) is 26.8 Å². The SMILES string of the molecule is CCN(c1ccc2c(c1)nc(C(C)(C)OC)n2CC1CCOCC1)S(=O)(=O)c1ccc(N)cc1.CCN(c1ccc2c(c1)nc(C(C)(C)OC)n2CC1CCOCC1)S(=O)(=O)c1ccc(NC(=O)C(C)(C)C)cc1. The quantitative estimate of drug-likeness (QED) is 0.0820. The van der Waals surface area contributed by atoms with Gasteiger partial charge in [-0.05, 0) is 164 Å². The molecule has 17 nitrogen and oxygen atoms in total. The molecule has 6 aromatic rings. The van der Waals surface area contributed by atoms with Crippen molar-refractivity contribution in [2.24, 2.45) is 17.3 Å². The number of ether oxygens (including phenoxy) is 4. The smallest absolute Gasteiger partial charge is 0.264 e.